The lowest BCUT2D eigenvalue weighted by Crippen LogP contribution is -2.05. The van der Waals surface area contributed by atoms with Gasteiger partial charge in [0.1, 0.15) is 11.0 Å². The van der Waals surface area contributed by atoms with E-state index in [0.717, 1.165) is 132 Å². The topological polar surface area (TPSA) is 125 Å². The molecule has 1 N–H and O–H groups in total. The van der Waals surface area contributed by atoms with Crippen LogP contribution in [0.1, 0.15) is 142 Å². The van der Waals surface area contributed by atoms with Gasteiger partial charge < -0.3 is 19.0 Å². The lowest BCUT2D eigenvalue weighted by Gasteiger charge is -2.13. The van der Waals surface area contributed by atoms with Crippen molar-refractivity contribution in [3.8, 4) is 45.0 Å². The Bertz CT molecular complexity index is 3130. The van der Waals surface area contributed by atoms with Gasteiger partial charge in [0, 0.05) is 59.6 Å². The monoisotopic (exact) mass is 963 g/mol. The van der Waals surface area contributed by atoms with Crippen LogP contribution >= 0.6 is 0 Å². The fraction of sp³-hybridized carbons (Fsp3) is 0.387. The first-order valence-corrected chi connectivity index (χ1v) is 26.5. The number of hydrogen-bond donors (Lipinski definition) is 1. The average Bonchev–Trinajstić information content (AvgIpc) is 4.33. The molecule has 0 bridgehead atoms. The number of carbonyl (C=O) groups is 2. The molecule has 0 aliphatic heterocycles. The second kappa shape index (κ2) is 23.1. The predicted molar refractivity (Wildman–Crippen MR) is 290 cm³/mol. The minimum absolute atomic E-state index is 0.0850. The molecule has 0 spiro atoms. The molecule has 2 aliphatic carbocycles. The highest BCUT2D eigenvalue weighted by atomic mass is 16.5. The van der Waals surface area contributed by atoms with Crippen molar-refractivity contribution in [2.75, 3.05) is 6.61 Å². The highest BCUT2D eigenvalue weighted by Crippen LogP contribution is 2.44. The van der Waals surface area contributed by atoms with Gasteiger partial charge >= 0.3 is 11.9 Å². The van der Waals surface area contributed by atoms with Crippen LogP contribution in [0.3, 0.4) is 0 Å². The fourth-order valence-electron chi connectivity index (χ4n) is 9.73. The number of aryl methyl sites for hydroxylation is 6. The Labute approximate surface area is 425 Å². The van der Waals surface area contributed by atoms with Gasteiger partial charge in [0.05, 0.1) is 29.4 Å². The second-order valence-electron chi connectivity index (χ2n) is 20.2. The van der Waals surface area contributed by atoms with E-state index >= 15 is 0 Å². The third-order valence-corrected chi connectivity index (χ3v) is 14.1. The Kier molecular flexibility index (Phi) is 16.0. The van der Waals surface area contributed by atoms with Crippen LogP contribution in [-0.2, 0) is 27.4 Å². The molecule has 10 heteroatoms. The summed E-state index contributed by atoms with van der Waals surface area (Å²) in [5.41, 5.74) is 19.6. The molecule has 10 nitrogen and oxygen atoms in total. The number of aromatic nitrogens is 6. The maximum absolute atomic E-state index is 11.6. The number of ether oxygens (including phenoxy) is 1. The van der Waals surface area contributed by atoms with E-state index in [1.54, 1.807) is 0 Å². The summed E-state index contributed by atoms with van der Waals surface area (Å²) in [6.07, 6.45) is 13.5. The average molecular weight is 963 g/mol. The summed E-state index contributed by atoms with van der Waals surface area (Å²) in [5.74, 6) is 0.424. The minimum Gasteiger partial charge on any atom is -0.481 e. The van der Waals surface area contributed by atoms with Crippen LogP contribution in [0.25, 0.3) is 67.4 Å². The van der Waals surface area contributed by atoms with Crippen molar-refractivity contribution in [1.82, 2.24) is 29.1 Å². The van der Waals surface area contributed by atoms with Crippen molar-refractivity contribution < 1.29 is 19.4 Å². The van der Waals surface area contributed by atoms with Crippen molar-refractivity contribution in [3.05, 3.63) is 143 Å². The molecule has 8 aromatic rings. The maximum atomic E-state index is 11.6. The Morgan fingerprint density at radius 3 is 1.15 bits per heavy atom. The highest BCUT2D eigenvalue weighted by Gasteiger charge is 2.31. The number of rotatable bonds is 21. The first kappa shape index (κ1) is 50.0. The van der Waals surface area contributed by atoms with Gasteiger partial charge in [0.15, 0.2) is 11.3 Å². The molecule has 10 rings (SSSR count). The van der Waals surface area contributed by atoms with Crippen LogP contribution < -0.4 is 0 Å². The summed E-state index contributed by atoms with van der Waals surface area (Å²) < 4.78 is 9.85. The van der Waals surface area contributed by atoms with E-state index in [9.17, 15) is 9.59 Å². The fourth-order valence-corrected chi connectivity index (χ4v) is 9.73. The number of fused-ring (bicyclic) bond motifs is 2. The van der Waals surface area contributed by atoms with Gasteiger partial charge in [-0.05, 0) is 110 Å². The van der Waals surface area contributed by atoms with Crippen LogP contribution in [-0.4, -0.2) is 52.7 Å². The van der Waals surface area contributed by atoms with E-state index in [4.69, 9.17) is 29.8 Å². The molecule has 372 valence electrons. The largest absolute Gasteiger partial charge is 0.481 e. The third-order valence-electron chi connectivity index (χ3n) is 14.1. The molecule has 0 atom stereocenters. The van der Waals surface area contributed by atoms with E-state index in [1.807, 2.05) is 6.92 Å². The standard InChI is InChI=1S/C32H37N3O2.C30H33N3O2/c1-4-37-29(36)9-7-5-6-8-20-35-28(24-18-19-24)21-27-32(35)34-31(26-16-12-23(3)13-17-26)30(33-27)25-14-10-22(2)11-15-25;1-20-8-12-23(13-9-20)28-29(24-14-10-21(2)11-15-24)32-30-25(31-28)19-26(22-16-17-22)33(30)18-6-4-3-5-7-27(34)35/h10-17,21,24H,4-9,18-20H2,1-3H3;8-15,19,22H,3-7,16-18H2,1-2H3,(H,34,35). The number of hydrogen-bond acceptors (Lipinski definition) is 7. The maximum Gasteiger partial charge on any atom is 0.305 e. The molecule has 0 radical (unpaired) electrons. The van der Waals surface area contributed by atoms with E-state index in [-0.39, 0.29) is 12.4 Å². The SMILES string of the molecule is CCOC(=O)CCCCCCn1c(C2CC2)cc2nc(-c3ccc(C)cc3)c(-c3ccc(C)cc3)nc21.Cc1ccc(-c2nc3cc(C4CC4)n(CCCCCCC(=O)O)c3nc2-c2ccc(C)cc2)cc1. The quantitative estimate of drug-likeness (QED) is 0.0557. The molecule has 0 unspecified atom stereocenters. The van der Waals surface area contributed by atoms with E-state index < -0.39 is 5.97 Å². The van der Waals surface area contributed by atoms with Crippen molar-refractivity contribution in [2.45, 2.75) is 149 Å². The smallest absolute Gasteiger partial charge is 0.305 e. The van der Waals surface area contributed by atoms with Gasteiger partial charge in [-0.2, -0.15) is 0 Å². The summed E-state index contributed by atoms with van der Waals surface area (Å²) in [6, 6.07) is 38.8. The first-order valence-electron chi connectivity index (χ1n) is 26.5. The number of unbranched alkanes of at least 4 members (excludes halogenated alkanes) is 6. The predicted octanol–water partition coefficient (Wildman–Crippen LogP) is 15.1. The molecule has 4 aromatic heterocycles. The Morgan fingerprint density at radius 2 is 0.819 bits per heavy atom. The van der Waals surface area contributed by atoms with Gasteiger partial charge in [-0.25, -0.2) is 19.9 Å². The van der Waals surface area contributed by atoms with Gasteiger partial charge in [-0.3, -0.25) is 9.59 Å². The summed E-state index contributed by atoms with van der Waals surface area (Å²) in [4.78, 5) is 43.4. The van der Waals surface area contributed by atoms with Crippen LogP contribution in [0.4, 0.5) is 0 Å². The molecule has 4 heterocycles. The van der Waals surface area contributed by atoms with Gasteiger partial charge in [-0.15, -0.1) is 0 Å². The van der Waals surface area contributed by atoms with E-state index in [0.29, 0.717) is 24.9 Å². The van der Waals surface area contributed by atoms with Gasteiger partial charge in [0.2, 0.25) is 0 Å². The van der Waals surface area contributed by atoms with Crippen molar-refractivity contribution >= 4 is 34.3 Å². The van der Waals surface area contributed by atoms with Crippen LogP contribution in [0.15, 0.2) is 109 Å². The summed E-state index contributed by atoms with van der Waals surface area (Å²) in [6.45, 7) is 12.6. The van der Waals surface area contributed by atoms with Crippen LogP contribution in [0.5, 0.6) is 0 Å². The Hall–Kier alpha value is -6.94. The number of benzene rings is 4. The zero-order chi connectivity index (χ0) is 50.1. The summed E-state index contributed by atoms with van der Waals surface area (Å²) in [7, 11) is 0. The summed E-state index contributed by atoms with van der Waals surface area (Å²) >= 11 is 0. The van der Waals surface area contributed by atoms with Crippen molar-refractivity contribution in [1.29, 1.82) is 0 Å². The molecule has 0 saturated heterocycles. The second-order valence-corrected chi connectivity index (χ2v) is 20.2. The van der Waals surface area contributed by atoms with Crippen LogP contribution in [0, 0.1) is 27.7 Å². The van der Waals surface area contributed by atoms with E-state index in [2.05, 4.69) is 146 Å². The normalized spacial score (nSPS) is 13.3. The number of carboxylic acid groups (broad SMARTS) is 1. The zero-order valence-electron chi connectivity index (χ0n) is 42.9. The highest BCUT2D eigenvalue weighted by molar-refractivity contribution is 5.87. The molecule has 2 aliphatic rings. The first-order chi connectivity index (χ1) is 35.0. The van der Waals surface area contributed by atoms with Gasteiger partial charge in [-0.1, -0.05) is 145 Å². The minimum atomic E-state index is -0.708. The number of esters is 1. The molecule has 4 aromatic carbocycles. The molecule has 0 amide bonds. The lowest BCUT2D eigenvalue weighted by molar-refractivity contribution is -0.143. The number of carbonyl (C=O) groups excluding carboxylic acids is 1. The number of nitrogens with zero attached hydrogens (tertiary/aromatic N) is 6. The van der Waals surface area contributed by atoms with Gasteiger partial charge in [0.25, 0.3) is 0 Å². The summed E-state index contributed by atoms with van der Waals surface area (Å²) in [5, 5.41) is 8.88. The number of aliphatic carboxylic acids is 1. The Balaban J connectivity index is 0.000000178. The molecular formula is C62H70N6O4. The number of carboxylic acids is 1. The Morgan fingerprint density at radius 1 is 0.486 bits per heavy atom. The van der Waals surface area contributed by atoms with Crippen molar-refractivity contribution in [3.63, 3.8) is 0 Å². The van der Waals surface area contributed by atoms with Crippen molar-refractivity contribution in [2.24, 2.45) is 0 Å². The lowest BCUT2D eigenvalue weighted by atomic mass is 10.0. The van der Waals surface area contributed by atoms with E-state index in [1.165, 1.54) is 59.3 Å². The third kappa shape index (κ3) is 12.4. The molecule has 2 saturated carbocycles. The molecule has 2 fully saturated rings. The zero-order valence-corrected chi connectivity index (χ0v) is 42.9. The molecular weight excluding hydrogens is 893 g/mol. The van der Waals surface area contributed by atoms with Crippen LogP contribution in [0.2, 0.25) is 0 Å². The molecule has 72 heavy (non-hydrogen) atoms.